The van der Waals surface area contributed by atoms with Crippen molar-refractivity contribution in [2.24, 2.45) is 0 Å². The fourth-order valence-electron chi connectivity index (χ4n) is 2.00. The molecule has 0 aliphatic heterocycles. The van der Waals surface area contributed by atoms with E-state index in [1.807, 2.05) is 32.9 Å². The third kappa shape index (κ3) is 10.6. The third-order valence-electron chi connectivity index (χ3n) is 3.20. The van der Waals surface area contributed by atoms with Crippen LogP contribution in [0.2, 0.25) is 0 Å². The Balaban J connectivity index is 2.08. The maximum Gasteiger partial charge on any atom is 0.332 e. The van der Waals surface area contributed by atoms with Gasteiger partial charge in [0.15, 0.2) is 0 Å². The molecule has 4 heteroatoms. The second kappa shape index (κ2) is 10.9. The van der Waals surface area contributed by atoms with Crippen molar-refractivity contribution in [1.29, 1.82) is 0 Å². The van der Waals surface area contributed by atoms with Gasteiger partial charge in [0.1, 0.15) is 18.8 Å². The molecule has 0 amide bonds. The maximum atomic E-state index is 11.4. The zero-order chi connectivity index (χ0) is 18.7. The number of carbonyl (C=O) groups excluding carboxylic acids is 1. The van der Waals surface area contributed by atoms with Crippen LogP contribution in [0.3, 0.4) is 0 Å². The van der Waals surface area contributed by atoms with E-state index in [2.05, 4.69) is 37.8 Å². The molecule has 0 aromatic heterocycles. The van der Waals surface area contributed by atoms with Crippen LogP contribution < -0.4 is 0 Å². The first kappa shape index (κ1) is 21.2. The van der Waals surface area contributed by atoms with E-state index in [4.69, 9.17) is 14.2 Å². The van der Waals surface area contributed by atoms with Crippen LogP contribution >= 0.6 is 0 Å². The molecule has 0 spiro atoms. The molecule has 0 saturated heterocycles. The Morgan fingerprint density at radius 2 is 1.72 bits per heavy atom. The van der Waals surface area contributed by atoms with Gasteiger partial charge in [-0.15, -0.1) is 0 Å². The molecule has 1 aromatic rings. The highest BCUT2D eigenvalue weighted by Gasteiger charge is 2.15. The van der Waals surface area contributed by atoms with Crippen molar-refractivity contribution in [3.8, 4) is 11.8 Å². The lowest BCUT2D eigenvalue weighted by molar-refractivity contribution is -0.160. The highest BCUT2D eigenvalue weighted by Crippen LogP contribution is 2.14. The Morgan fingerprint density at radius 1 is 1.08 bits per heavy atom. The molecular weight excluding hydrogens is 316 g/mol. The van der Waals surface area contributed by atoms with Gasteiger partial charge in [0.2, 0.25) is 0 Å². The zero-order valence-corrected chi connectivity index (χ0v) is 16.1. The molecule has 0 aliphatic carbocycles. The molecule has 0 bridgehead atoms. The minimum atomic E-state index is -0.475. The van der Waals surface area contributed by atoms with E-state index in [9.17, 15) is 4.79 Å². The predicted octanol–water partition coefficient (Wildman–Crippen LogP) is 3.93. The number of hydrogen-bond acceptors (Lipinski definition) is 4. The fraction of sp³-hybridized carbons (Fsp3) is 0.571. The normalized spacial score (nSPS) is 11.1. The Labute approximate surface area is 151 Å². The summed E-state index contributed by atoms with van der Waals surface area (Å²) in [6, 6.07) is 8.29. The number of rotatable bonds is 8. The van der Waals surface area contributed by atoms with Crippen molar-refractivity contribution in [2.45, 2.75) is 52.6 Å². The maximum absolute atomic E-state index is 11.4. The standard InChI is InChI=1S/C21H30O4/c1-17(2)19-11-9-18(10-12-19)8-6-13-23-14-7-15-24-16-20(22)25-21(3,4)5/h9-12,17H,7,13-16H2,1-5H3. The molecule has 0 fully saturated rings. The molecule has 0 radical (unpaired) electrons. The van der Waals surface area contributed by atoms with Crippen molar-refractivity contribution < 1.29 is 19.0 Å². The number of ether oxygens (including phenoxy) is 3. The van der Waals surface area contributed by atoms with Gasteiger partial charge in [0.05, 0.1) is 6.61 Å². The smallest absolute Gasteiger partial charge is 0.332 e. The van der Waals surface area contributed by atoms with Gasteiger partial charge in [-0.05, 0) is 50.8 Å². The first-order valence-corrected chi connectivity index (χ1v) is 8.74. The molecule has 0 unspecified atom stereocenters. The Morgan fingerprint density at radius 3 is 2.32 bits per heavy atom. The van der Waals surface area contributed by atoms with Gasteiger partial charge in [-0.1, -0.05) is 37.8 Å². The molecule has 25 heavy (non-hydrogen) atoms. The summed E-state index contributed by atoms with van der Waals surface area (Å²) in [4.78, 5) is 11.4. The third-order valence-corrected chi connectivity index (χ3v) is 3.20. The lowest BCUT2D eigenvalue weighted by Gasteiger charge is -2.19. The van der Waals surface area contributed by atoms with E-state index in [1.54, 1.807) is 0 Å². The second-order valence-corrected chi connectivity index (χ2v) is 7.12. The molecule has 0 N–H and O–H groups in total. The van der Waals surface area contributed by atoms with E-state index in [0.717, 1.165) is 5.56 Å². The van der Waals surface area contributed by atoms with Crippen molar-refractivity contribution in [3.05, 3.63) is 35.4 Å². The quantitative estimate of drug-likeness (QED) is 0.406. The summed E-state index contributed by atoms with van der Waals surface area (Å²) in [6.07, 6.45) is 0.716. The van der Waals surface area contributed by atoms with Crippen molar-refractivity contribution in [1.82, 2.24) is 0 Å². The second-order valence-electron chi connectivity index (χ2n) is 7.12. The molecule has 0 saturated carbocycles. The van der Waals surface area contributed by atoms with Crippen molar-refractivity contribution in [2.75, 3.05) is 26.4 Å². The Kier molecular flexibility index (Phi) is 9.26. The number of benzene rings is 1. The van der Waals surface area contributed by atoms with Gasteiger partial charge in [-0.2, -0.15) is 0 Å². The van der Waals surface area contributed by atoms with E-state index in [1.165, 1.54) is 5.56 Å². The van der Waals surface area contributed by atoms with E-state index >= 15 is 0 Å². The molecule has 1 rings (SSSR count). The molecule has 138 valence electrons. The van der Waals surface area contributed by atoms with Gasteiger partial charge in [0.25, 0.3) is 0 Å². The zero-order valence-electron chi connectivity index (χ0n) is 16.1. The lowest BCUT2D eigenvalue weighted by Crippen LogP contribution is -2.26. The van der Waals surface area contributed by atoms with Gasteiger partial charge in [0, 0.05) is 12.2 Å². The highest BCUT2D eigenvalue weighted by molar-refractivity contribution is 5.71. The van der Waals surface area contributed by atoms with Gasteiger partial charge < -0.3 is 14.2 Å². The summed E-state index contributed by atoms with van der Waals surface area (Å²) in [5, 5.41) is 0. The SMILES string of the molecule is CC(C)c1ccc(C#CCOCCCOCC(=O)OC(C)(C)C)cc1. The summed E-state index contributed by atoms with van der Waals surface area (Å²) < 4.78 is 15.8. The predicted molar refractivity (Wildman–Crippen MR) is 99.5 cm³/mol. The summed E-state index contributed by atoms with van der Waals surface area (Å²) in [7, 11) is 0. The minimum Gasteiger partial charge on any atom is -0.458 e. The van der Waals surface area contributed by atoms with Crippen LogP contribution in [-0.4, -0.2) is 38.0 Å². The van der Waals surface area contributed by atoms with Gasteiger partial charge >= 0.3 is 5.97 Å². The van der Waals surface area contributed by atoms with Crippen LogP contribution in [0.4, 0.5) is 0 Å². The monoisotopic (exact) mass is 346 g/mol. The Bertz CT molecular complexity index is 571. The Hall–Kier alpha value is -1.83. The molecule has 1 aromatic carbocycles. The molecule has 0 atom stereocenters. The molecule has 0 aliphatic rings. The topological polar surface area (TPSA) is 44.8 Å². The summed E-state index contributed by atoms with van der Waals surface area (Å²) >= 11 is 0. The molecule has 0 heterocycles. The van der Waals surface area contributed by atoms with Crippen LogP contribution in [0.15, 0.2) is 24.3 Å². The number of esters is 1. The largest absolute Gasteiger partial charge is 0.458 e. The van der Waals surface area contributed by atoms with E-state index < -0.39 is 5.60 Å². The van der Waals surface area contributed by atoms with Crippen LogP contribution in [0.1, 0.15) is 58.1 Å². The summed E-state index contributed by atoms with van der Waals surface area (Å²) in [6.45, 7) is 11.2. The minimum absolute atomic E-state index is 0.0244. The van der Waals surface area contributed by atoms with Crippen LogP contribution in [0, 0.1) is 11.8 Å². The molecular formula is C21H30O4. The van der Waals surface area contributed by atoms with Gasteiger partial charge in [-0.3, -0.25) is 0 Å². The average Bonchev–Trinajstić information content (AvgIpc) is 2.52. The van der Waals surface area contributed by atoms with Gasteiger partial charge in [-0.25, -0.2) is 4.79 Å². The van der Waals surface area contributed by atoms with Crippen molar-refractivity contribution in [3.63, 3.8) is 0 Å². The fourth-order valence-corrected chi connectivity index (χ4v) is 2.00. The van der Waals surface area contributed by atoms with Crippen LogP contribution in [0.5, 0.6) is 0 Å². The molecule has 4 nitrogen and oxygen atoms in total. The average molecular weight is 346 g/mol. The lowest BCUT2D eigenvalue weighted by atomic mass is 10.0. The summed E-state index contributed by atoms with van der Waals surface area (Å²) in [5.41, 5.74) is 1.83. The van der Waals surface area contributed by atoms with E-state index in [-0.39, 0.29) is 12.6 Å². The van der Waals surface area contributed by atoms with E-state index in [0.29, 0.717) is 32.2 Å². The summed E-state index contributed by atoms with van der Waals surface area (Å²) in [5.74, 6) is 6.27. The number of hydrogen-bond donors (Lipinski definition) is 0. The van der Waals surface area contributed by atoms with Crippen LogP contribution in [-0.2, 0) is 19.0 Å². The van der Waals surface area contributed by atoms with Crippen LogP contribution in [0.25, 0.3) is 0 Å². The van der Waals surface area contributed by atoms with Crippen molar-refractivity contribution >= 4 is 5.97 Å². The first-order valence-electron chi connectivity index (χ1n) is 8.74. The highest BCUT2D eigenvalue weighted by atomic mass is 16.6. The first-order chi connectivity index (χ1) is 11.8. The number of carbonyl (C=O) groups is 1.